The van der Waals surface area contributed by atoms with Gasteiger partial charge in [-0.1, -0.05) is 19.1 Å². The standard InChI is InChI=1S/C21H20F2N2O3S/c1-11-6-8-13-15(10-11)29-20-17(13)19(26)24-16(25-20)9-7-12-4-3-5-14(27-2)18(12)28-21(22)23/h3-5,7,9,11,21H,6,8,10H2,1-2H3,(H,24,25,26)/b9-7+/t11-/m1/s1. The lowest BCUT2D eigenvalue weighted by atomic mass is 9.89. The van der Waals surface area contributed by atoms with E-state index in [9.17, 15) is 13.6 Å². The zero-order chi connectivity index (χ0) is 20.5. The molecule has 2 aromatic heterocycles. The molecule has 0 saturated carbocycles. The molecule has 3 aromatic rings. The van der Waals surface area contributed by atoms with Gasteiger partial charge < -0.3 is 14.5 Å². The third kappa shape index (κ3) is 3.89. The lowest BCUT2D eigenvalue weighted by Gasteiger charge is -2.17. The molecule has 0 amide bonds. The predicted molar refractivity (Wildman–Crippen MR) is 110 cm³/mol. The maximum atomic E-state index is 12.8. The molecule has 0 fully saturated rings. The quantitative estimate of drug-likeness (QED) is 0.641. The van der Waals surface area contributed by atoms with Crippen molar-refractivity contribution in [3.8, 4) is 11.5 Å². The van der Waals surface area contributed by atoms with Gasteiger partial charge in [0.1, 0.15) is 10.7 Å². The highest BCUT2D eigenvalue weighted by Gasteiger charge is 2.22. The summed E-state index contributed by atoms with van der Waals surface area (Å²) in [6.07, 6.45) is 6.09. The Balaban J connectivity index is 1.72. The van der Waals surface area contributed by atoms with Crippen molar-refractivity contribution in [2.24, 2.45) is 5.92 Å². The number of halogens is 2. The maximum absolute atomic E-state index is 12.8. The van der Waals surface area contributed by atoms with Gasteiger partial charge in [0, 0.05) is 10.4 Å². The summed E-state index contributed by atoms with van der Waals surface area (Å²) in [5.74, 6) is 1.10. The highest BCUT2D eigenvalue weighted by molar-refractivity contribution is 7.18. The zero-order valence-electron chi connectivity index (χ0n) is 16.0. The summed E-state index contributed by atoms with van der Waals surface area (Å²) < 4.78 is 35.3. The van der Waals surface area contributed by atoms with E-state index in [-0.39, 0.29) is 17.1 Å². The first-order valence-corrected chi connectivity index (χ1v) is 10.1. The summed E-state index contributed by atoms with van der Waals surface area (Å²) in [6.45, 7) is -0.764. The molecule has 0 radical (unpaired) electrons. The van der Waals surface area contributed by atoms with E-state index >= 15 is 0 Å². The Kier molecular flexibility index (Phi) is 5.36. The molecular weight excluding hydrogens is 398 g/mol. The number of ether oxygens (including phenoxy) is 2. The number of aromatic nitrogens is 2. The van der Waals surface area contributed by atoms with Crippen molar-refractivity contribution >= 4 is 33.7 Å². The number of alkyl halides is 2. The molecule has 2 heterocycles. The fourth-order valence-corrected chi connectivity index (χ4v) is 5.04. The molecule has 0 spiro atoms. The van der Waals surface area contributed by atoms with E-state index in [2.05, 4.69) is 21.6 Å². The average molecular weight is 418 g/mol. The number of nitrogens with zero attached hydrogens (tertiary/aromatic N) is 1. The molecule has 29 heavy (non-hydrogen) atoms. The van der Waals surface area contributed by atoms with Crippen LogP contribution in [0.1, 0.15) is 35.2 Å². The number of rotatable bonds is 5. The summed E-state index contributed by atoms with van der Waals surface area (Å²) >= 11 is 1.56. The number of benzene rings is 1. The predicted octanol–water partition coefficient (Wildman–Crippen LogP) is 4.89. The van der Waals surface area contributed by atoms with Gasteiger partial charge in [0.05, 0.1) is 12.5 Å². The van der Waals surface area contributed by atoms with E-state index in [4.69, 9.17) is 4.74 Å². The van der Waals surface area contributed by atoms with E-state index in [1.54, 1.807) is 41.7 Å². The Morgan fingerprint density at radius 2 is 2.17 bits per heavy atom. The van der Waals surface area contributed by atoms with Gasteiger partial charge in [-0.15, -0.1) is 11.3 Å². The lowest BCUT2D eigenvalue weighted by Crippen LogP contribution is -2.13. The van der Waals surface area contributed by atoms with Gasteiger partial charge >= 0.3 is 6.61 Å². The summed E-state index contributed by atoms with van der Waals surface area (Å²) in [7, 11) is 1.38. The maximum Gasteiger partial charge on any atom is 0.387 e. The van der Waals surface area contributed by atoms with Crippen LogP contribution in [0.3, 0.4) is 0 Å². The van der Waals surface area contributed by atoms with Crippen LogP contribution in [0.2, 0.25) is 0 Å². The molecule has 0 unspecified atom stereocenters. The molecule has 5 nitrogen and oxygen atoms in total. The minimum atomic E-state index is -2.98. The summed E-state index contributed by atoms with van der Waals surface area (Å²) in [5, 5.41) is 0.678. The molecule has 8 heteroatoms. The number of hydrogen-bond acceptors (Lipinski definition) is 5. The number of methoxy groups -OCH3 is 1. The third-order valence-electron chi connectivity index (χ3n) is 5.04. The number of aromatic amines is 1. The Morgan fingerprint density at radius 3 is 2.93 bits per heavy atom. The van der Waals surface area contributed by atoms with Gasteiger partial charge in [-0.2, -0.15) is 8.78 Å². The Morgan fingerprint density at radius 1 is 1.34 bits per heavy atom. The first kappa shape index (κ1) is 19.6. The topological polar surface area (TPSA) is 64.2 Å². The molecule has 0 aliphatic heterocycles. The monoisotopic (exact) mass is 418 g/mol. The number of thiophene rings is 1. The lowest BCUT2D eigenvalue weighted by molar-refractivity contribution is -0.0513. The van der Waals surface area contributed by atoms with Crippen molar-refractivity contribution in [3.05, 3.63) is 50.4 Å². The smallest absolute Gasteiger partial charge is 0.387 e. The van der Waals surface area contributed by atoms with Crippen molar-refractivity contribution in [2.75, 3.05) is 7.11 Å². The first-order valence-electron chi connectivity index (χ1n) is 9.30. The van der Waals surface area contributed by atoms with Crippen LogP contribution < -0.4 is 15.0 Å². The van der Waals surface area contributed by atoms with Crippen molar-refractivity contribution in [2.45, 2.75) is 32.8 Å². The summed E-state index contributed by atoms with van der Waals surface area (Å²) in [6, 6.07) is 4.84. The van der Waals surface area contributed by atoms with Gasteiger partial charge in [-0.25, -0.2) is 4.98 Å². The summed E-state index contributed by atoms with van der Waals surface area (Å²) in [4.78, 5) is 22.0. The van der Waals surface area contributed by atoms with Crippen molar-refractivity contribution in [1.29, 1.82) is 0 Å². The van der Waals surface area contributed by atoms with Crippen LogP contribution in [0.4, 0.5) is 8.78 Å². The molecule has 1 aliphatic rings. The van der Waals surface area contributed by atoms with Crippen molar-refractivity contribution in [3.63, 3.8) is 0 Å². The molecule has 1 N–H and O–H groups in total. The van der Waals surface area contributed by atoms with Crippen LogP contribution in [0, 0.1) is 5.92 Å². The van der Waals surface area contributed by atoms with Crippen LogP contribution >= 0.6 is 11.3 Å². The summed E-state index contributed by atoms with van der Waals surface area (Å²) in [5.41, 5.74) is 1.34. The van der Waals surface area contributed by atoms with Gasteiger partial charge in [0.25, 0.3) is 5.56 Å². The van der Waals surface area contributed by atoms with Crippen LogP contribution in [0.15, 0.2) is 23.0 Å². The molecular formula is C21H20F2N2O3S. The molecule has 152 valence electrons. The van der Waals surface area contributed by atoms with Gasteiger partial charge in [0.15, 0.2) is 11.5 Å². The SMILES string of the molecule is COc1cccc(/C=C/c2nc3sc4c(c3c(=O)[nH]2)CC[C@@H](C)C4)c1OC(F)F. The number of hydrogen-bond donors (Lipinski definition) is 1. The zero-order valence-corrected chi connectivity index (χ0v) is 16.8. The second-order valence-corrected chi connectivity index (χ2v) is 8.16. The number of aryl methyl sites for hydroxylation is 1. The normalized spacial score (nSPS) is 16.5. The number of fused-ring (bicyclic) bond motifs is 3. The highest BCUT2D eigenvalue weighted by Crippen LogP contribution is 2.36. The number of H-pyrrole nitrogens is 1. The number of para-hydroxylation sites is 1. The van der Waals surface area contributed by atoms with Crippen LogP contribution in [-0.2, 0) is 12.8 Å². The van der Waals surface area contributed by atoms with Crippen LogP contribution in [0.5, 0.6) is 11.5 Å². The second kappa shape index (κ2) is 7.94. The van der Waals surface area contributed by atoms with E-state index in [1.165, 1.54) is 12.0 Å². The van der Waals surface area contributed by atoms with Gasteiger partial charge in [-0.05, 0) is 49.0 Å². The number of nitrogens with one attached hydrogen (secondary N) is 1. The fraction of sp³-hybridized carbons (Fsp3) is 0.333. The second-order valence-electron chi connectivity index (χ2n) is 7.07. The Hall–Kier alpha value is -2.74. The molecule has 0 bridgehead atoms. The van der Waals surface area contributed by atoms with Crippen molar-refractivity contribution in [1.82, 2.24) is 9.97 Å². The molecule has 1 atom stereocenters. The average Bonchev–Trinajstić information content (AvgIpc) is 3.04. The first-order chi connectivity index (χ1) is 14.0. The van der Waals surface area contributed by atoms with E-state index in [0.717, 1.165) is 24.8 Å². The Labute approximate surface area is 170 Å². The fourth-order valence-electron chi connectivity index (χ4n) is 3.65. The largest absolute Gasteiger partial charge is 0.493 e. The Bertz CT molecular complexity index is 1140. The highest BCUT2D eigenvalue weighted by atomic mass is 32.1. The van der Waals surface area contributed by atoms with E-state index in [1.807, 2.05) is 0 Å². The minimum absolute atomic E-state index is 0.0646. The van der Waals surface area contributed by atoms with Gasteiger partial charge in [0.2, 0.25) is 0 Å². The third-order valence-corrected chi connectivity index (χ3v) is 6.19. The van der Waals surface area contributed by atoms with E-state index in [0.29, 0.717) is 27.5 Å². The van der Waals surface area contributed by atoms with E-state index < -0.39 is 6.61 Å². The molecule has 4 rings (SSSR count). The van der Waals surface area contributed by atoms with Crippen LogP contribution in [-0.4, -0.2) is 23.7 Å². The minimum Gasteiger partial charge on any atom is -0.493 e. The molecule has 0 saturated heterocycles. The van der Waals surface area contributed by atoms with Crippen molar-refractivity contribution < 1.29 is 18.3 Å². The van der Waals surface area contributed by atoms with Gasteiger partial charge in [-0.3, -0.25) is 4.79 Å². The molecule has 1 aliphatic carbocycles. The van der Waals surface area contributed by atoms with Crippen LogP contribution in [0.25, 0.3) is 22.4 Å². The molecule has 1 aromatic carbocycles.